The van der Waals surface area contributed by atoms with Crippen LogP contribution in [0.1, 0.15) is 15.4 Å². The minimum absolute atomic E-state index is 0.295. The van der Waals surface area contributed by atoms with Gasteiger partial charge in [-0.1, -0.05) is 34.5 Å². The maximum absolute atomic E-state index is 11.0. The number of nitrogens with zero attached hydrogens (tertiary/aromatic N) is 2. The maximum atomic E-state index is 11.0. The quantitative estimate of drug-likeness (QED) is 0.754. The Kier molecular flexibility index (Phi) is 3.05. The predicted octanol–water partition coefficient (Wildman–Crippen LogP) is 4.44. The minimum Gasteiger partial charge on any atom is -0.477 e. The average molecular weight is 333 g/mol. The lowest BCUT2D eigenvalue weighted by atomic mass is 10.3. The van der Waals surface area contributed by atoms with E-state index in [1.807, 2.05) is 0 Å². The van der Waals surface area contributed by atoms with Gasteiger partial charge in [0.15, 0.2) is 4.96 Å². The molecule has 3 aromatic rings. The molecule has 0 amide bonds. The molecule has 0 saturated heterocycles. The molecular weight excluding hydrogens is 327 g/mol. The van der Waals surface area contributed by atoms with Gasteiger partial charge in [-0.15, -0.1) is 11.3 Å². The molecule has 0 aromatic carbocycles. The van der Waals surface area contributed by atoms with Crippen LogP contribution in [0.3, 0.4) is 0 Å². The maximum Gasteiger partial charge on any atom is 0.347 e. The fourth-order valence-electron chi connectivity index (χ4n) is 1.79. The summed E-state index contributed by atoms with van der Waals surface area (Å²) in [5.41, 5.74) is 2.12. The van der Waals surface area contributed by atoms with E-state index < -0.39 is 5.97 Å². The van der Waals surface area contributed by atoms with E-state index in [1.54, 1.807) is 23.6 Å². The van der Waals surface area contributed by atoms with Crippen molar-refractivity contribution in [2.45, 2.75) is 6.92 Å². The van der Waals surface area contributed by atoms with Gasteiger partial charge < -0.3 is 5.11 Å². The predicted molar refractivity (Wildman–Crippen MR) is 78.1 cm³/mol. The summed E-state index contributed by atoms with van der Waals surface area (Å²) in [4.78, 5) is 16.4. The van der Waals surface area contributed by atoms with Crippen LogP contribution < -0.4 is 0 Å². The second-order valence-electron chi connectivity index (χ2n) is 3.84. The second-order valence-corrected chi connectivity index (χ2v) is 7.10. The zero-order chi connectivity index (χ0) is 13.7. The molecule has 8 heteroatoms. The lowest BCUT2D eigenvalue weighted by Crippen LogP contribution is -1.96. The highest BCUT2D eigenvalue weighted by molar-refractivity contribution is 7.20. The number of aryl methyl sites for hydroxylation is 1. The van der Waals surface area contributed by atoms with E-state index >= 15 is 0 Å². The summed E-state index contributed by atoms with van der Waals surface area (Å²) >= 11 is 14.4. The number of carboxylic acid groups (broad SMARTS) is 1. The Hall–Kier alpha value is -1.08. The Labute approximate surface area is 125 Å². The molecule has 3 rings (SSSR count). The molecular formula is C11H6Cl2N2O2S2. The van der Waals surface area contributed by atoms with Gasteiger partial charge in [-0.25, -0.2) is 9.78 Å². The van der Waals surface area contributed by atoms with Crippen molar-refractivity contribution in [3.8, 4) is 11.3 Å². The van der Waals surface area contributed by atoms with E-state index in [-0.39, 0.29) is 0 Å². The molecule has 0 aliphatic carbocycles. The highest BCUT2D eigenvalue weighted by Crippen LogP contribution is 2.38. The van der Waals surface area contributed by atoms with Crippen molar-refractivity contribution in [2.75, 3.05) is 0 Å². The Balaban J connectivity index is 2.18. The van der Waals surface area contributed by atoms with Crippen LogP contribution in [-0.2, 0) is 0 Å². The molecule has 0 atom stereocenters. The first-order valence-electron chi connectivity index (χ1n) is 5.14. The van der Waals surface area contributed by atoms with Crippen LogP contribution in [0.15, 0.2) is 12.3 Å². The Morgan fingerprint density at radius 1 is 1.42 bits per heavy atom. The molecule has 4 nitrogen and oxygen atoms in total. The third-order valence-corrected chi connectivity index (χ3v) is 5.32. The standard InChI is InChI=1S/C11H6Cl2N2O2S2/c1-4-8(10(16)17)19-11-14-6(3-15(4)11)5-2-7(12)18-9(5)13/h2-3H,1H3,(H,16,17). The number of carbonyl (C=O) groups is 1. The number of hydrogen-bond donors (Lipinski definition) is 1. The van der Waals surface area contributed by atoms with E-state index in [0.717, 1.165) is 16.9 Å². The third-order valence-electron chi connectivity index (χ3n) is 2.68. The highest BCUT2D eigenvalue weighted by Gasteiger charge is 2.18. The molecule has 0 aliphatic rings. The normalized spacial score (nSPS) is 11.3. The van der Waals surface area contributed by atoms with Crippen molar-refractivity contribution in [3.63, 3.8) is 0 Å². The summed E-state index contributed by atoms with van der Waals surface area (Å²) in [5, 5.41) is 9.05. The van der Waals surface area contributed by atoms with E-state index in [0.29, 0.717) is 29.9 Å². The zero-order valence-corrected chi connectivity index (χ0v) is 12.6. The summed E-state index contributed by atoms with van der Waals surface area (Å²) < 4.78 is 2.93. The van der Waals surface area contributed by atoms with E-state index in [4.69, 9.17) is 28.3 Å². The van der Waals surface area contributed by atoms with Gasteiger partial charge in [-0.05, 0) is 13.0 Å². The highest BCUT2D eigenvalue weighted by atomic mass is 35.5. The van der Waals surface area contributed by atoms with Crippen molar-refractivity contribution in [3.05, 3.63) is 31.5 Å². The van der Waals surface area contributed by atoms with Crippen molar-refractivity contribution in [1.29, 1.82) is 0 Å². The van der Waals surface area contributed by atoms with Crippen molar-refractivity contribution in [2.24, 2.45) is 0 Å². The molecule has 1 N–H and O–H groups in total. The fourth-order valence-corrected chi connectivity index (χ4v) is 4.22. The van der Waals surface area contributed by atoms with Crippen LogP contribution in [0.4, 0.5) is 0 Å². The SMILES string of the molecule is Cc1c(C(=O)O)sc2nc(-c3cc(Cl)sc3Cl)cn12. The molecule has 0 spiro atoms. The monoisotopic (exact) mass is 332 g/mol. The molecule has 0 fully saturated rings. The van der Waals surface area contributed by atoms with Gasteiger partial charge in [0, 0.05) is 17.5 Å². The van der Waals surface area contributed by atoms with Gasteiger partial charge in [0.05, 0.1) is 10.0 Å². The number of fused-ring (bicyclic) bond motifs is 1. The smallest absolute Gasteiger partial charge is 0.347 e. The summed E-state index contributed by atoms with van der Waals surface area (Å²) in [6.07, 6.45) is 1.78. The van der Waals surface area contributed by atoms with Crippen molar-refractivity contribution in [1.82, 2.24) is 9.38 Å². The van der Waals surface area contributed by atoms with Gasteiger partial charge in [0.2, 0.25) is 0 Å². The summed E-state index contributed by atoms with van der Waals surface area (Å²) in [7, 11) is 0. The van der Waals surface area contributed by atoms with Crippen LogP contribution in [0, 0.1) is 6.92 Å². The largest absolute Gasteiger partial charge is 0.477 e. The number of imidazole rings is 1. The summed E-state index contributed by atoms with van der Waals surface area (Å²) in [6, 6.07) is 1.76. The van der Waals surface area contributed by atoms with Gasteiger partial charge in [0.25, 0.3) is 0 Å². The van der Waals surface area contributed by atoms with Crippen LogP contribution >= 0.6 is 45.9 Å². The molecule has 0 unspecified atom stereocenters. The van der Waals surface area contributed by atoms with Crippen LogP contribution in [0.5, 0.6) is 0 Å². The number of carboxylic acids is 1. The summed E-state index contributed by atoms with van der Waals surface area (Å²) in [5.74, 6) is -0.939. The number of thiazole rings is 1. The van der Waals surface area contributed by atoms with E-state index in [2.05, 4.69) is 4.98 Å². The molecule has 98 valence electrons. The first-order valence-corrected chi connectivity index (χ1v) is 7.53. The topological polar surface area (TPSA) is 54.6 Å². The van der Waals surface area contributed by atoms with Crippen LogP contribution in [0.25, 0.3) is 16.2 Å². The fraction of sp³-hybridized carbons (Fsp3) is 0.0909. The number of aromatic carboxylic acids is 1. The zero-order valence-electron chi connectivity index (χ0n) is 9.48. The first-order chi connectivity index (χ1) is 8.97. The van der Waals surface area contributed by atoms with Crippen LogP contribution in [0.2, 0.25) is 8.67 Å². The molecule has 3 heterocycles. The van der Waals surface area contributed by atoms with Crippen LogP contribution in [-0.4, -0.2) is 20.5 Å². The van der Waals surface area contributed by atoms with Gasteiger partial charge in [-0.3, -0.25) is 4.40 Å². The molecule has 19 heavy (non-hydrogen) atoms. The van der Waals surface area contributed by atoms with E-state index in [1.165, 1.54) is 11.3 Å². The summed E-state index contributed by atoms with van der Waals surface area (Å²) in [6.45, 7) is 1.75. The Morgan fingerprint density at radius 2 is 2.16 bits per heavy atom. The second kappa shape index (κ2) is 4.49. The number of aromatic nitrogens is 2. The van der Waals surface area contributed by atoms with Gasteiger partial charge in [0.1, 0.15) is 9.21 Å². The molecule has 0 bridgehead atoms. The van der Waals surface area contributed by atoms with Gasteiger partial charge in [-0.2, -0.15) is 0 Å². The Bertz CT molecular complexity index is 803. The minimum atomic E-state index is -0.939. The Morgan fingerprint density at radius 3 is 2.68 bits per heavy atom. The number of thiophene rings is 1. The molecule has 0 aliphatic heterocycles. The number of halogens is 2. The molecule has 0 radical (unpaired) electrons. The molecule has 0 saturated carbocycles. The third kappa shape index (κ3) is 2.04. The van der Waals surface area contributed by atoms with Crippen molar-refractivity contribution < 1.29 is 9.90 Å². The number of hydrogen-bond acceptors (Lipinski definition) is 4. The van der Waals surface area contributed by atoms with Crippen molar-refractivity contribution >= 4 is 56.8 Å². The lowest BCUT2D eigenvalue weighted by molar-refractivity contribution is 0.0701. The van der Waals surface area contributed by atoms with E-state index in [9.17, 15) is 4.79 Å². The molecule has 3 aromatic heterocycles. The first kappa shape index (κ1) is 12.9. The van der Waals surface area contributed by atoms with Gasteiger partial charge >= 0.3 is 5.97 Å². The lowest BCUT2D eigenvalue weighted by Gasteiger charge is -1.93. The number of rotatable bonds is 2. The average Bonchev–Trinajstić information content (AvgIpc) is 2.94.